The lowest BCUT2D eigenvalue weighted by molar-refractivity contribution is -0.0374. The molecule has 0 saturated heterocycles. The predicted octanol–water partition coefficient (Wildman–Crippen LogP) is 1.69. The summed E-state index contributed by atoms with van der Waals surface area (Å²) in [6, 6.07) is 3.50. The summed E-state index contributed by atoms with van der Waals surface area (Å²) in [4.78, 5) is 51.5. The van der Waals surface area contributed by atoms with Crippen LogP contribution < -0.4 is 11.2 Å². The Labute approximate surface area is 203 Å². The summed E-state index contributed by atoms with van der Waals surface area (Å²) in [5, 5.41) is 14.7. The van der Waals surface area contributed by atoms with Crippen LogP contribution in [0.1, 0.15) is 11.8 Å². The molecule has 5 N–H and O–H groups in total. The van der Waals surface area contributed by atoms with Crippen molar-refractivity contribution >= 4 is 15.2 Å². The van der Waals surface area contributed by atoms with Gasteiger partial charge in [-0.2, -0.15) is 8.78 Å². The van der Waals surface area contributed by atoms with E-state index < -0.39 is 80.5 Å². The molecule has 0 bridgehead atoms. The minimum Gasteiger partial charge on any atom is -0.506 e. The normalized spacial score (nSPS) is 20.3. The molecule has 1 aromatic carbocycles. The SMILES string of the molecule is O=c1ccn([C@@H]2O[C@H](COP(=O)(O)C(F)(F)P(=O)(O)O)C(O)=C2O)c(=O)n1CCc1ccc(F)cc1F. The maximum Gasteiger partial charge on any atom is 0.443 e. The van der Waals surface area contributed by atoms with E-state index in [4.69, 9.17) is 14.5 Å². The summed E-state index contributed by atoms with van der Waals surface area (Å²) in [5.74, 6) is -3.99. The van der Waals surface area contributed by atoms with E-state index in [0.29, 0.717) is 15.2 Å². The van der Waals surface area contributed by atoms with Crippen molar-refractivity contribution < 1.29 is 60.8 Å². The third-order valence-corrected chi connectivity index (χ3v) is 8.57. The van der Waals surface area contributed by atoms with Crippen molar-refractivity contribution in [2.45, 2.75) is 30.7 Å². The molecule has 3 rings (SSSR count). The molecule has 1 aromatic heterocycles. The van der Waals surface area contributed by atoms with E-state index >= 15 is 0 Å². The highest BCUT2D eigenvalue weighted by Crippen LogP contribution is 2.73. The summed E-state index contributed by atoms with van der Waals surface area (Å²) >= 11 is 0. The number of rotatable bonds is 9. The van der Waals surface area contributed by atoms with Crippen molar-refractivity contribution in [3.8, 4) is 0 Å². The van der Waals surface area contributed by atoms with Crippen molar-refractivity contribution in [3.63, 3.8) is 0 Å². The Hall–Kier alpha value is -2.78. The second-order valence-electron chi connectivity index (χ2n) is 7.60. The smallest absolute Gasteiger partial charge is 0.443 e. The highest BCUT2D eigenvalue weighted by molar-refractivity contribution is 7.72. The van der Waals surface area contributed by atoms with Gasteiger partial charge >= 0.3 is 26.3 Å². The number of aromatic nitrogens is 2. The number of aryl methyl sites for hydroxylation is 1. The Balaban J connectivity index is 1.81. The van der Waals surface area contributed by atoms with E-state index in [-0.39, 0.29) is 12.0 Å². The first-order valence-corrected chi connectivity index (χ1v) is 13.1. The van der Waals surface area contributed by atoms with Gasteiger partial charge in [-0.3, -0.25) is 23.1 Å². The summed E-state index contributed by atoms with van der Waals surface area (Å²) < 4.78 is 86.9. The minimum absolute atomic E-state index is 0.0293. The molecular weight excluding hydrogens is 558 g/mol. The van der Waals surface area contributed by atoms with Gasteiger partial charge in [-0.1, -0.05) is 6.07 Å². The number of ether oxygens (including phenoxy) is 1. The highest BCUT2D eigenvalue weighted by atomic mass is 31.2. The first kappa shape index (κ1) is 28.8. The number of hydrogen-bond donors (Lipinski definition) is 5. The van der Waals surface area contributed by atoms with Crippen molar-refractivity contribution in [2.24, 2.45) is 0 Å². The Bertz CT molecular complexity index is 1450. The second-order valence-corrected chi connectivity index (χ2v) is 11.5. The van der Waals surface area contributed by atoms with Crippen LogP contribution in [0.15, 0.2) is 51.6 Å². The molecule has 13 nitrogen and oxygen atoms in total. The molecule has 37 heavy (non-hydrogen) atoms. The van der Waals surface area contributed by atoms with Crippen LogP contribution in [0, 0.1) is 11.6 Å². The lowest BCUT2D eigenvalue weighted by Crippen LogP contribution is -2.41. The Morgan fingerprint density at radius 3 is 2.30 bits per heavy atom. The van der Waals surface area contributed by atoms with Gasteiger partial charge in [0.1, 0.15) is 17.7 Å². The molecule has 1 unspecified atom stereocenters. The molecule has 0 radical (unpaired) electrons. The molecule has 0 saturated carbocycles. The first-order valence-electron chi connectivity index (χ1n) is 9.92. The fourth-order valence-corrected chi connectivity index (χ4v) is 5.16. The molecule has 19 heteroatoms. The fraction of sp³-hybridized carbons (Fsp3) is 0.333. The molecule has 3 atom stereocenters. The average Bonchev–Trinajstić information content (AvgIpc) is 3.06. The van der Waals surface area contributed by atoms with E-state index in [9.17, 15) is 51.4 Å². The number of nitrogens with zero attached hydrogens (tertiary/aromatic N) is 2. The minimum atomic E-state index is -6.45. The number of aliphatic hydroxyl groups is 2. The molecule has 1 aliphatic heterocycles. The van der Waals surface area contributed by atoms with Gasteiger partial charge in [0.25, 0.3) is 5.56 Å². The fourth-order valence-electron chi connectivity index (χ4n) is 3.17. The summed E-state index contributed by atoms with van der Waals surface area (Å²) in [5.41, 5.74) is -2.05. The van der Waals surface area contributed by atoms with Crippen LogP contribution >= 0.6 is 15.2 Å². The van der Waals surface area contributed by atoms with Crippen LogP contribution in [0.5, 0.6) is 0 Å². The lowest BCUT2D eigenvalue weighted by Gasteiger charge is -2.23. The predicted molar refractivity (Wildman–Crippen MR) is 114 cm³/mol. The maximum atomic E-state index is 13.9. The van der Waals surface area contributed by atoms with Gasteiger partial charge in [0.2, 0.25) is 0 Å². The van der Waals surface area contributed by atoms with Crippen LogP contribution in [0.3, 0.4) is 0 Å². The van der Waals surface area contributed by atoms with Crippen molar-refractivity contribution in [1.29, 1.82) is 0 Å². The zero-order valence-corrected chi connectivity index (χ0v) is 19.9. The van der Waals surface area contributed by atoms with E-state index in [2.05, 4.69) is 4.52 Å². The van der Waals surface area contributed by atoms with Crippen molar-refractivity contribution in [3.05, 3.63) is 80.0 Å². The molecule has 0 amide bonds. The van der Waals surface area contributed by atoms with E-state index in [1.54, 1.807) is 0 Å². The largest absolute Gasteiger partial charge is 0.506 e. The summed E-state index contributed by atoms with van der Waals surface area (Å²) in [6.07, 6.45) is -3.26. The number of benzene rings is 1. The van der Waals surface area contributed by atoms with E-state index in [1.165, 1.54) is 0 Å². The van der Waals surface area contributed by atoms with Gasteiger partial charge in [-0.25, -0.2) is 13.6 Å². The standard InChI is InChI=1S/C18H18F4N2O11P2/c19-10-2-1-9(11(20)7-10)3-5-23-13(25)4-6-24(17(23)28)16-15(27)14(26)12(35-16)8-34-37(32,33)18(21,22)36(29,30)31/h1-2,4,6-7,12,16,26-27H,3,5,8H2,(H,32,33)(H2,29,30,31)/t12-,16-/m1/s1. The van der Waals surface area contributed by atoms with Crippen LogP contribution in [-0.2, 0) is 31.4 Å². The molecule has 0 fully saturated rings. The third-order valence-electron chi connectivity index (χ3n) is 5.15. The molecule has 0 aliphatic carbocycles. The Morgan fingerprint density at radius 2 is 1.70 bits per heavy atom. The molecule has 2 heterocycles. The van der Waals surface area contributed by atoms with Crippen LogP contribution in [0.4, 0.5) is 17.6 Å². The molecular formula is C18H18F4N2O11P2. The van der Waals surface area contributed by atoms with Gasteiger partial charge in [0.05, 0.1) is 6.61 Å². The van der Waals surface area contributed by atoms with Crippen molar-refractivity contribution in [2.75, 3.05) is 6.61 Å². The Morgan fingerprint density at radius 1 is 1.05 bits per heavy atom. The van der Waals surface area contributed by atoms with Gasteiger partial charge < -0.3 is 34.2 Å². The Kier molecular flexibility index (Phi) is 7.92. The van der Waals surface area contributed by atoms with Gasteiger partial charge in [-0.15, -0.1) is 0 Å². The van der Waals surface area contributed by atoms with Crippen LogP contribution in [0.25, 0.3) is 0 Å². The van der Waals surface area contributed by atoms with Gasteiger partial charge in [-0.05, 0) is 18.1 Å². The van der Waals surface area contributed by atoms with E-state index in [1.807, 2.05) is 0 Å². The maximum absolute atomic E-state index is 13.9. The molecule has 0 spiro atoms. The van der Waals surface area contributed by atoms with Gasteiger partial charge in [0, 0.05) is 24.9 Å². The molecule has 1 aliphatic rings. The third kappa shape index (κ3) is 5.57. The highest BCUT2D eigenvalue weighted by Gasteiger charge is 2.65. The first-order chi connectivity index (χ1) is 17.0. The van der Waals surface area contributed by atoms with E-state index in [0.717, 1.165) is 24.4 Å². The number of aliphatic hydroxyl groups excluding tert-OH is 2. The molecule has 204 valence electrons. The summed E-state index contributed by atoms with van der Waals surface area (Å²) in [7, 11) is -12.8. The number of alkyl halides is 2. The second kappa shape index (κ2) is 10.2. The van der Waals surface area contributed by atoms with Crippen LogP contribution in [0.2, 0.25) is 0 Å². The lowest BCUT2D eigenvalue weighted by atomic mass is 10.1. The molecule has 2 aromatic rings. The topological polar surface area (TPSA) is 198 Å². The zero-order valence-electron chi connectivity index (χ0n) is 18.1. The average molecular weight is 576 g/mol. The van der Waals surface area contributed by atoms with Gasteiger partial charge in [0.15, 0.2) is 17.7 Å². The number of hydrogen-bond acceptors (Lipinski definition) is 8. The van der Waals surface area contributed by atoms with Crippen molar-refractivity contribution in [1.82, 2.24) is 9.13 Å². The number of halogens is 4. The van der Waals surface area contributed by atoms with Crippen LogP contribution in [-0.4, -0.2) is 52.1 Å². The quantitative estimate of drug-likeness (QED) is 0.215. The monoisotopic (exact) mass is 576 g/mol. The zero-order chi connectivity index (χ0) is 27.9. The summed E-state index contributed by atoms with van der Waals surface area (Å²) in [6.45, 7) is -1.84.